The van der Waals surface area contributed by atoms with E-state index in [0.29, 0.717) is 11.5 Å². The second-order valence-electron chi connectivity index (χ2n) is 5.46. The van der Waals surface area contributed by atoms with Gasteiger partial charge in [0.2, 0.25) is 0 Å². The summed E-state index contributed by atoms with van der Waals surface area (Å²) >= 11 is 0. The second kappa shape index (κ2) is 4.40. The van der Waals surface area contributed by atoms with Crippen LogP contribution in [0, 0.1) is 11.2 Å². The Bertz CT molecular complexity index is 345. The van der Waals surface area contributed by atoms with Crippen LogP contribution in [0.1, 0.15) is 39.5 Å². The highest BCUT2D eigenvalue weighted by molar-refractivity contribution is 5.35. The smallest absolute Gasteiger partial charge is 0.141 e. The lowest BCUT2D eigenvalue weighted by Gasteiger charge is -2.35. The lowest BCUT2D eigenvalue weighted by molar-refractivity contribution is 0.229. The molecule has 0 radical (unpaired) electrons. The lowest BCUT2D eigenvalue weighted by atomic mass is 9.75. The van der Waals surface area contributed by atoms with Gasteiger partial charge in [0.15, 0.2) is 0 Å². The molecule has 1 heterocycles. The van der Waals surface area contributed by atoms with Gasteiger partial charge in [0.25, 0.3) is 0 Å². The number of anilines is 1. The number of hydrogen-bond donors (Lipinski definition) is 1. The number of nitrogens with one attached hydrogen (secondary N) is 1. The number of aromatic nitrogens is 1. The zero-order chi connectivity index (χ0) is 11.6. The predicted molar refractivity (Wildman–Crippen MR) is 63.9 cm³/mol. The van der Waals surface area contributed by atoms with Gasteiger partial charge in [-0.15, -0.1) is 0 Å². The first-order chi connectivity index (χ1) is 7.55. The van der Waals surface area contributed by atoms with Crippen LogP contribution >= 0.6 is 0 Å². The Balaban J connectivity index is 1.97. The standard InChI is InChI=1S/C13H19FN2/c1-13(2)7-3-4-11(8-13)16-12-6-5-10(14)9-15-12/h5-6,9,11H,3-4,7-8H2,1-2H3,(H,15,16). The molecule has 0 amide bonds. The molecule has 1 unspecified atom stereocenters. The summed E-state index contributed by atoms with van der Waals surface area (Å²) in [6, 6.07) is 3.63. The summed E-state index contributed by atoms with van der Waals surface area (Å²) in [5.41, 5.74) is 0.413. The first-order valence-corrected chi connectivity index (χ1v) is 5.93. The van der Waals surface area contributed by atoms with Crippen LogP contribution in [-0.4, -0.2) is 11.0 Å². The van der Waals surface area contributed by atoms with Crippen LogP contribution in [0.2, 0.25) is 0 Å². The molecule has 0 saturated heterocycles. The normalized spacial score (nSPS) is 24.1. The van der Waals surface area contributed by atoms with Crippen LogP contribution in [0.3, 0.4) is 0 Å². The minimum Gasteiger partial charge on any atom is -0.367 e. The highest BCUT2D eigenvalue weighted by Crippen LogP contribution is 2.36. The van der Waals surface area contributed by atoms with Gasteiger partial charge >= 0.3 is 0 Å². The summed E-state index contributed by atoms with van der Waals surface area (Å²) in [4.78, 5) is 4.03. The van der Waals surface area contributed by atoms with Crippen molar-refractivity contribution in [3.8, 4) is 0 Å². The van der Waals surface area contributed by atoms with E-state index in [-0.39, 0.29) is 5.82 Å². The predicted octanol–water partition coefficient (Wildman–Crippen LogP) is 3.60. The summed E-state index contributed by atoms with van der Waals surface area (Å²) in [5.74, 6) is 0.499. The minimum absolute atomic E-state index is 0.283. The third-order valence-electron chi connectivity index (χ3n) is 3.28. The largest absolute Gasteiger partial charge is 0.367 e. The molecule has 1 aromatic rings. The Morgan fingerprint density at radius 2 is 2.25 bits per heavy atom. The molecule has 1 aromatic heterocycles. The maximum Gasteiger partial charge on any atom is 0.141 e. The van der Waals surface area contributed by atoms with E-state index in [9.17, 15) is 4.39 Å². The highest BCUT2D eigenvalue weighted by Gasteiger charge is 2.27. The van der Waals surface area contributed by atoms with E-state index < -0.39 is 0 Å². The molecule has 1 fully saturated rings. The first kappa shape index (κ1) is 11.4. The van der Waals surface area contributed by atoms with Gasteiger partial charge in [-0.3, -0.25) is 0 Å². The molecule has 0 bridgehead atoms. The summed E-state index contributed by atoms with van der Waals surface area (Å²) in [6.07, 6.45) is 6.15. The third kappa shape index (κ3) is 2.94. The number of nitrogens with zero attached hydrogens (tertiary/aromatic N) is 1. The molecule has 1 N–H and O–H groups in total. The van der Waals surface area contributed by atoms with E-state index >= 15 is 0 Å². The molecule has 1 saturated carbocycles. The molecule has 3 heteroatoms. The fourth-order valence-corrected chi connectivity index (χ4v) is 2.49. The van der Waals surface area contributed by atoms with Gasteiger partial charge in [-0.25, -0.2) is 9.37 Å². The Hall–Kier alpha value is -1.12. The molecule has 2 rings (SSSR count). The monoisotopic (exact) mass is 222 g/mol. The SMILES string of the molecule is CC1(C)CCCC(Nc2ccc(F)cn2)C1. The van der Waals surface area contributed by atoms with Gasteiger partial charge < -0.3 is 5.32 Å². The molecule has 1 aliphatic carbocycles. The molecular weight excluding hydrogens is 203 g/mol. The van der Waals surface area contributed by atoms with Crippen LogP contribution in [0.25, 0.3) is 0 Å². The lowest BCUT2D eigenvalue weighted by Crippen LogP contribution is -2.31. The quantitative estimate of drug-likeness (QED) is 0.827. The van der Waals surface area contributed by atoms with Crippen LogP contribution in [0.4, 0.5) is 10.2 Å². The molecular formula is C13H19FN2. The van der Waals surface area contributed by atoms with Crippen molar-refractivity contribution >= 4 is 5.82 Å². The molecule has 2 nitrogen and oxygen atoms in total. The fraction of sp³-hybridized carbons (Fsp3) is 0.615. The van der Waals surface area contributed by atoms with Crippen LogP contribution in [-0.2, 0) is 0 Å². The topological polar surface area (TPSA) is 24.9 Å². The molecule has 16 heavy (non-hydrogen) atoms. The van der Waals surface area contributed by atoms with E-state index in [0.717, 1.165) is 12.2 Å². The van der Waals surface area contributed by atoms with Gasteiger partial charge in [-0.05, 0) is 36.8 Å². The number of hydrogen-bond acceptors (Lipinski definition) is 2. The van der Waals surface area contributed by atoms with Gasteiger partial charge in [0, 0.05) is 6.04 Å². The number of rotatable bonds is 2. The number of pyridine rings is 1. The maximum absolute atomic E-state index is 12.7. The van der Waals surface area contributed by atoms with Gasteiger partial charge in [-0.2, -0.15) is 0 Å². The van der Waals surface area contributed by atoms with Gasteiger partial charge in [-0.1, -0.05) is 20.3 Å². The van der Waals surface area contributed by atoms with Crippen molar-refractivity contribution in [3.63, 3.8) is 0 Å². The Morgan fingerprint density at radius 3 is 2.88 bits per heavy atom. The Kier molecular flexibility index (Phi) is 3.13. The van der Waals surface area contributed by atoms with Gasteiger partial charge in [0.05, 0.1) is 6.20 Å². The molecule has 0 aromatic carbocycles. The number of halogens is 1. The average molecular weight is 222 g/mol. The summed E-state index contributed by atoms with van der Waals surface area (Å²) in [7, 11) is 0. The molecule has 0 aliphatic heterocycles. The molecule has 1 atom stereocenters. The van der Waals surface area contributed by atoms with Crippen molar-refractivity contribution in [2.24, 2.45) is 5.41 Å². The van der Waals surface area contributed by atoms with Gasteiger partial charge in [0.1, 0.15) is 11.6 Å². The minimum atomic E-state index is -0.283. The molecule has 1 aliphatic rings. The van der Waals surface area contributed by atoms with Crippen molar-refractivity contribution < 1.29 is 4.39 Å². The second-order valence-corrected chi connectivity index (χ2v) is 5.46. The van der Waals surface area contributed by atoms with E-state index in [4.69, 9.17) is 0 Å². The first-order valence-electron chi connectivity index (χ1n) is 5.93. The fourth-order valence-electron chi connectivity index (χ4n) is 2.49. The van der Waals surface area contributed by atoms with E-state index in [1.807, 2.05) is 0 Å². The van der Waals surface area contributed by atoms with Crippen LogP contribution < -0.4 is 5.32 Å². The average Bonchev–Trinajstić information content (AvgIpc) is 2.20. The van der Waals surface area contributed by atoms with E-state index in [1.165, 1.54) is 31.5 Å². The van der Waals surface area contributed by atoms with Crippen LogP contribution in [0.15, 0.2) is 18.3 Å². The maximum atomic E-state index is 12.7. The van der Waals surface area contributed by atoms with Crippen molar-refractivity contribution in [3.05, 3.63) is 24.1 Å². The highest BCUT2D eigenvalue weighted by atomic mass is 19.1. The van der Waals surface area contributed by atoms with Crippen LogP contribution in [0.5, 0.6) is 0 Å². The molecule has 0 spiro atoms. The van der Waals surface area contributed by atoms with Crippen molar-refractivity contribution in [2.45, 2.75) is 45.6 Å². The Morgan fingerprint density at radius 1 is 1.44 bits per heavy atom. The van der Waals surface area contributed by atoms with Crippen molar-refractivity contribution in [2.75, 3.05) is 5.32 Å². The zero-order valence-electron chi connectivity index (χ0n) is 9.96. The van der Waals surface area contributed by atoms with Crippen molar-refractivity contribution in [1.82, 2.24) is 4.98 Å². The van der Waals surface area contributed by atoms with E-state index in [1.54, 1.807) is 6.07 Å². The molecule has 88 valence electrons. The Labute approximate surface area is 96.3 Å². The summed E-state index contributed by atoms with van der Waals surface area (Å²) < 4.78 is 12.7. The summed E-state index contributed by atoms with van der Waals surface area (Å²) in [5, 5.41) is 3.39. The van der Waals surface area contributed by atoms with Crippen molar-refractivity contribution in [1.29, 1.82) is 0 Å². The third-order valence-corrected chi connectivity index (χ3v) is 3.28. The summed E-state index contributed by atoms with van der Waals surface area (Å²) in [6.45, 7) is 4.61. The van der Waals surface area contributed by atoms with E-state index in [2.05, 4.69) is 24.1 Å². The zero-order valence-corrected chi connectivity index (χ0v) is 9.96.